The Morgan fingerprint density at radius 3 is 2.37 bits per heavy atom. The van der Waals surface area contributed by atoms with Gasteiger partial charge in [-0.25, -0.2) is 0 Å². The number of nitrogens with zero attached hydrogens (tertiary/aromatic N) is 1. The van der Waals surface area contributed by atoms with Gasteiger partial charge in [0.25, 0.3) is 0 Å². The molecule has 19 heavy (non-hydrogen) atoms. The van der Waals surface area contributed by atoms with Crippen LogP contribution < -0.4 is 5.32 Å². The molecule has 9 nitrogen and oxygen atoms in total. The summed E-state index contributed by atoms with van der Waals surface area (Å²) in [5.41, 5.74) is 0.650. The molecule has 0 amide bonds. The molecule has 1 rings (SSSR count). The predicted molar refractivity (Wildman–Crippen MR) is 66.0 cm³/mol. The number of nitrogens with one attached hydrogen (secondary N) is 1. The fraction of sp³-hybridized carbons (Fsp3) is 0.375. The highest BCUT2D eigenvalue weighted by atomic mass is 31.1. The van der Waals surface area contributed by atoms with E-state index in [2.05, 4.69) is 19.3 Å². The molecule has 108 valence electrons. The van der Waals surface area contributed by atoms with Crippen LogP contribution in [0, 0.1) is 0 Å². The van der Waals surface area contributed by atoms with Crippen molar-refractivity contribution in [3.8, 4) is 5.75 Å². The van der Waals surface area contributed by atoms with Crippen molar-refractivity contribution in [2.75, 3.05) is 6.54 Å². The number of rotatable bonds is 8. The summed E-state index contributed by atoms with van der Waals surface area (Å²) in [5, 5.41) is 11.6. The Hall–Kier alpha value is -0.790. The van der Waals surface area contributed by atoms with Gasteiger partial charge in [0.2, 0.25) is 6.41 Å². The Morgan fingerprint density at radius 1 is 1.26 bits per heavy atom. The van der Waals surface area contributed by atoms with E-state index in [1.54, 1.807) is 6.07 Å². The third-order valence-electron chi connectivity index (χ3n) is 1.92. The van der Waals surface area contributed by atoms with Crippen molar-refractivity contribution in [2.45, 2.75) is 12.8 Å². The largest absolute Gasteiger partial charge is 0.506 e. The lowest BCUT2D eigenvalue weighted by Crippen LogP contribution is -2.32. The minimum absolute atomic E-state index is 0.0407. The first-order valence-corrected chi connectivity index (χ1v) is 7.66. The van der Waals surface area contributed by atoms with Gasteiger partial charge in [0.1, 0.15) is 5.75 Å². The molecule has 0 aliphatic carbocycles. The lowest BCUT2D eigenvalue weighted by atomic mass is 10.2. The molecule has 0 saturated heterocycles. The van der Waals surface area contributed by atoms with Crippen molar-refractivity contribution in [3.05, 3.63) is 24.0 Å². The van der Waals surface area contributed by atoms with Crippen LogP contribution in [0.25, 0.3) is 0 Å². The molecule has 2 atom stereocenters. The van der Waals surface area contributed by atoms with Crippen LogP contribution >= 0.6 is 16.5 Å². The molecule has 2 unspecified atom stereocenters. The van der Waals surface area contributed by atoms with Crippen LogP contribution in [-0.4, -0.2) is 32.8 Å². The quantitative estimate of drug-likeness (QED) is 0.386. The highest BCUT2D eigenvalue weighted by molar-refractivity contribution is 7.32. The summed E-state index contributed by atoms with van der Waals surface area (Å²) in [6.07, 6.45) is 0.242. The van der Waals surface area contributed by atoms with E-state index in [4.69, 9.17) is 14.9 Å². The molecule has 0 aliphatic heterocycles. The van der Waals surface area contributed by atoms with Crippen molar-refractivity contribution in [1.82, 2.24) is 10.3 Å². The first-order chi connectivity index (χ1) is 8.97. The van der Waals surface area contributed by atoms with Crippen LogP contribution in [0.4, 0.5) is 0 Å². The highest BCUT2D eigenvalue weighted by Gasteiger charge is 2.13. The maximum atomic E-state index is 10.5. The Labute approximate surface area is 110 Å². The summed E-state index contributed by atoms with van der Waals surface area (Å²) in [7, 11) is -6.60. The maximum absolute atomic E-state index is 10.5. The van der Waals surface area contributed by atoms with Crippen molar-refractivity contribution >= 4 is 16.5 Å². The number of aromatic nitrogens is 1. The van der Waals surface area contributed by atoms with Gasteiger partial charge in [0, 0.05) is 18.7 Å². The zero-order chi connectivity index (χ0) is 14.3. The Bertz CT molecular complexity index is 425. The van der Waals surface area contributed by atoms with E-state index in [9.17, 15) is 9.13 Å². The van der Waals surface area contributed by atoms with Gasteiger partial charge in [0.15, 0.2) is 0 Å². The van der Waals surface area contributed by atoms with Gasteiger partial charge < -0.3 is 14.9 Å². The lowest BCUT2D eigenvalue weighted by molar-refractivity contribution is -0.0236. The molecule has 1 aromatic rings. The lowest BCUT2D eigenvalue weighted by Gasteiger charge is -2.15. The molecule has 4 N–H and O–H groups in total. The average Bonchev–Trinajstić information content (AvgIpc) is 2.30. The summed E-state index contributed by atoms with van der Waals surface area (Å²) >= 11 is 0. The topological polar surface area (TPSA) is 138 Å². The second kappa shape index (κ2) is 8.39. The van der Waals surface area contributed by atoms with Gasteiger partial charge in [-0.1, -0.05) is 0 Å². The summed E-state index contributed by atoms with van der Waals surface area (Å²) in [5.74, 6) is 0.0407. The summed E-state index contributed by atoms with van der Waals surface area (Å²) in [4.78, 5) is 21.1. The molecule has 11 heteroatoms. The minimum atomic E-state index is -3.30. The van der Waals surface area contributed by atoms with Gasteiger partial charge in [-0.05, 0) is 12.1 Å². The van der Waals surface area contributed by atoms with Crippen molar-refractivity contribution < 1.29 is 33.1 Å². The average molecular weight is 312 g/mol. The Kier molecular flexibility index (Phi) is 7.19. The van der Waals surface area contributed by atoms with Gasteiger partial charge in [-0.2, -0.15) is 0 Å². The fourth-order valence-corrected chi connectivity index (χ4v) is 1.90. The molecule has 1 heterocycles. The smallest absolute Gasteiger partial charge is 0.319 e. The summed E-state index contributed by atoms with van der Waals surface area (Å²) in [6, 6.07) is 3.06. The first kappa shape index (κ1) is 16.3. The monoisotopic (exact) mass is 312 g/mol. The molecule has 0 saturated carbocycles. The zero-order valence-electron chi connectivity index (χ0n) is 9.65. The second-order valence-corrected chi connectivity index (χ2v) is 4.85. The van der Waals surface area contributed by atoms with E-state index in [1.165, 1.54) is 12.3 Å². The molecular weight excluding hydrogens is 298 g/mol. The summed E-state index contributed by atoms with van der Waals surface area (Å²) in [6.45, 7) is 0.229. The van der Waals surface area contributed by atoms with Gasteiger partial charge >= 0.3 is 16.5 Å². The van der Waals surface area contributed by atoms with Gasteiger partial charge in [-0.3, -0.25) is 28.5 Å². The number of hydrogen-bond acceptors (Lipinski definition) is 7. The minimum Gasteiger partial charge on any atom is -0.506 e. The zero-order valence-corrected chi connectivity index (χ0v) is 11.6. The van der Waals surface area contributed by atoms with Crippen LogP contribution in [0.3, 0.4) is 0 Å². The van der Waals surface area contributed by atoms with Crippen molar-refractivity contribution in [3.63, 3.8) is 0 Å². The van der Waals surface area contributed by atoms with Crippen LogP contribution in [0.5, 0.6) is 5.75 Å². The maximum Gasteiger partial charge on any atom is 0.319 e. The summed E-state index contributed by atoms with van der Waals surface area (Å²) < 4.78 is 29.8. The normalized spacial score (nSPS) is 15.9. The number of pyridine rings is 1. The SMILES string of the molecule is O=[PH](O)OC(NCCc1ccc(O)cn1)O[PH](=O)O. The number of hydrogen-bond donors (Lipinski definition) is 4. The highest BCUT2D eigenvalue weighted by Crippen LogP contribution is 2.24. The van der Waals surface area contributed by atoms with E-state index < -0.39 is 22.9 Å². The molecule has 0 spiro atoms. The van der Waals surface area contributed by atoms with Crippen LogP contribution in [0.2, 0.25) is 0 Å². The van der Waals surface area contributed by atoms with Gasteiger partial charge in [0.05, 0.1) is 6.20 Å². The third-order valence-corrected chi connectivity index (χ3v) is 2.75. The third kappa shape index (κ3) is 7.39. The molecule has 0 aromatic carbocycles. The standard InChI is InChI=1S/C8H14N2O7P2/c11-7-2-1-6(10-5-7)3-4-9-8(16-18(12)13)17-19(14)15/h1-2,5,8-9,11,18-19H,3-4H2,(H,12,13)(H,14,15). The Morgan fingerprint density at radius 2 is 1.89 bits per heavy atom. The van der Waals surface area contributed by atoms with E-state index >= 15 is 0 Å². The fourth-order valence-electron chi connectivity index (χ4n) is 1.17. The molecule has 0 radical (unpaired) electrons. The molecule has 1 aromatic heterocycles. The van der Waals surface area contributed by atoms with E-state index in [0.717, 1.165) is 0 Å². The molecule has 0 bridgehead atoms. The predicted octanol–water partition coefficient (Wildman–Crippen LogP) is 0.0001000. The van der Waals surface area contributed by atoms with E-state index in [0.29, 0.717) is 12.1 Å². The second-order valence-electron chi connectivity index (χ2n) is 3.31. The molecule has 0 fully saturated rings. The first-order valence-electron chi connectivity index (χ1n) is 5.14. The van der Waals surface area contributed by atoms with Crippen molar-refractivity contribution in [2.24, 2.45) is 0 Å². The molecular formula is C8H14N2O7P2. The van der Waals surface area contributed by atoms with Crippen LogP contribution in [0.15, 0.2) is 18.3 Å². The van der Waals surface area contributed by atoms with Crippen LogP contribution in [0.1, 0.15) is 5.69 Å². The van der Waals surface area contributed by atoms with Crippen molar-refractivity contribution in [1.29, 1.82) is 0 Å². The van der Waals surface area contributed by atoms with Gasteiger partial charge in [-0.15, -0.1) is 0 Å². The van der Waals surface area contributed by atoms with Crippen LogP contribution in [-0.2, 0) is 24.6 Å². The van der Waals surface area contributed by atoms with E-state index in [-0.39, 0.29) is 12.3 Å². The van der Waals surface area contributed by atoms with E-state index in [1.807, 2.05) is 0 Å². The molecule has 0 aliphatic rings. The Balaban J connectivity index is 2.40. The number of aromatic hydroxyl groups is 1.